The molecule has 11 heteroatoms. The maximum absolute atomic E-state index is 12.9. The van der Waals surface area contributed by atoms with E-state index in [2.05, 4.69) is 15.0 Å². The number of H-pyrrole nitrogens is 2. The van der Waals surface area contributed by atoms with Crippen molar-refractivity contribution >= 4 is 28.9 Å². The van der Waals surface area contributed by atoms with Crippen molar-refractivity contribution in [3.63, 3.8) is 0 Å². The van der Waals surface area contributed by atoms with Gasteiger partial charge in [0, 0.05) is 36.3 Å². The van der Waals surface area contributed by atoms with E-state index in [1.807, 2.05) is 0 Å². The second-order valence-corrected chi connectivity index (χ2v) is 6.76. The fourth-order valence-corrected chi connectivity index (χ4v) is 3.37. The van der Waals surface area contributed by atoms with Gasteiger partial charge in [-0.2, -0.15) is 0 Å². The van der Waals surface area contributed by atoms with Gasteiger partial charge in [-0.1, -0.05) is 0 Å². The maximum atomic E-state index is 12.9. The van der Waals surface area contributed by atoms with Gasteiger partial charge in [-0.05, 0) is 25.0 Å². The highest BCUT2D eigenvalue weighted by atomic mass is 16.5. The smallest absolute Gasteiger partial charge is 0.333 e. The number of carbonyl (C=O) groups is 3. The minimum absolute atomic E-state index is 0.174. The molecular weight excluding hydrogens is 408 g/mol. The molecule has 0 amide bonds. The van der Waals surface area contributed by atoms with Crippen LogP contribution < -0.4 is 10.4 Å². The highest BCUT2D eigenvalue weighted by Gasteiger charge is 2.29. The van der Waals surface area contributed by atoms with Crippen LogP contribution in [0.15, 0.2) is 41.5 Å². The summed E-state index contributed by atoms with van der Waals surface area (Å²) >= 11 is 0. The highest BCUT2D eigenvalue weighted by Crippen LogP contribution is 2.25. The quantitative estimate of drug-likeness (QED) is 0.450. The molecule has 4 N–H and O–H groups in total. The number of aromatic amines is 2. The molecule has 1 aromatic carbocycles. The summed E-state index contributed by atoms with van der Waals surface area (Å²) in [5, 5.41) is 15.6. The lowest BCUT2D eigenvalue weighted by Gasteiger charge is -2.20. The summed E-state index contributed by atoms with van der Waals surface area (Å²) in [6.45, 7) is 0. The molecule has 31 heavy (non-hydrogen) atoms. The molecule has 0 saturated carbocycles. The fourth-order valence-electron chi connectivity index (χ4n) is 3.37. The molecule has 162 valence electrons. The van der Waals surface area contributed by atoms with Gasteiger partial charge in [0.25, 0.3) is 0 Å². The topological polar surface area (TPSA) is 167 Å². The number of benzene rings is 1. The summed E-state index contributed by atoms with van der Waals surface area (Å²) in [7, 11) is 1.56. The zero-order valence-corrected chi connectivity index (χ0v) is 16.5. The van der Waals surface area contributed by atoms with Gasteiger partial charge < -0.3 is 24.9 Å². The van der Waals surface area contributed by atoms with Gasteiger partial charge in [-0.25, -0.2) is 23.9 Å². The Morgan fingerprint density at radius 1 is 1.23 bits per heavy atom. The van der Waals surface area contributed by atoms with E-state index in [0.717, 1.165) is 17.8 Å². The van der Waals surface area contributed by atoms with Crippen LogP contribution in [0.5, 0.6) is 5.75 Å². The van der Waals surface area contributed by atoms with Gasteiger partial charge >= 0.3 is 17.6 Å². The average molecular weight is 428 g/mol. The third kappa shape index (κ3) is 4.89. The van der Waals surface area contributed by atoms with Crippen molar-refractivity contribution in [2.75, 3.05) is 7.11 Å². The Labute approximate surface area is 175 Å². The number of nitrogens with zero attached hydrogens (tertiary/aromatic N) is 2. The Bertz CT molecular complexity index is 1200. The predicted molar refractivity (Wildman–Crippen MR) is 108 cm³/mol. The number of nitrogens with one attached hydrogen (secondary N) is 2. The summed E-state index contributed by atoms with van der Waals surface area (Å²) in [6.07, 6.45) is 4.81. The molecule has 0 fully saturated rings. The normalized spacial score (nSPS) is 15.2. The van der Waals surface area contributed by atoms with Crippen molar-refractivity contribution in [3.8, 4) is 5.75 Å². The van der Waals surface area contributed by atoms with Crippen molar-refractivity contribution in [1.82, 2.24) is 19.5 Å². The number of aromatic nitrogens is 4. The highest BCUT2D eigenvalue weighted by molar-refractivity contribution is 5.92. The third-order valence-corrected chi connectivity index (χ3v) is 4.82. The van der Waals surface area contributed by atoms with Gasteiger partial charge in [-0.15, -0.1) is 0 Å². The lowest BCUT2D eigenvalue weighted by atomic mass is 9.89. The van der Waals surface area contributed by atoms with E-state index in [0.29, 0.717) is 41.8 Å². The molecule has 0 spiro atoms. The lowest BCUT2D eigenvalue weighted by molar-refractivity contribution is -0.134. The summed E-state index contributed by atoms with van der Waals surface area (Å²) in [4.78, 5) is 54.3. The molecule has 11 nitrogen and oxygen atoms in total. The molecule has 1 aliphatic rings. The van der Waals surface area contributed by atoms with Crippen LogP contribution in [-0.2, 0) is 22.4 Å². The van der Waals surface area contributed by atoms with Crippen LogP contribution >= 0.6 is 0 Å². The Morgan fingerprint density at radius 3 is 2.58 bits per heavy atom. The molecule has 0 bridgehead atoms. The molecule has 1 unspecified atom stereocenters. The molecular formula is C20H20N4O7. The van der Waals surface area contributed by atoms with Crippen LogP contribution in [0.25, 0.3) is 11.0 Å². The predicted octanol–water partition coefficient (Wildman–Crippen LogP) is 1.22. The molecule has 0 radical (unpaired) electrons. The minimum Gasteiger partial charge on any atom is -0.497 e. The Morgan fingerprint density at radius 2 is 1.94 bits per heavy atom. The second-order valence-electron chi connectivity index (χ2n) is 6.76. The maximum Gasteiger partial charge on any atom is 0.333 e. The standard InChI is InChI=1S/C16H16N4O3.C4H4O4/c1-23-10-3-5-14-13(7-10)19-16(22)20(14)15(21)9-2-4-11-12(6-9)18-8-17-11;5-3(6)1-2-4(7)8/h3,5,7-9H,2,4,6H2,1H3,(H,17,18)(H,19,22);1-2H,(H,5,6)(H,7,8). The van der Waals surface area contributed by atoms with E-state index in [-0.39, 0.29) is 11.8 Å². The number of rotatable bonds is 4. The van der Waals surface area contributed by atoms with Crippen molar-refractivity contribution in [2.45, 2.75) is 19.3 Å². The molecule has 2 heterocycles. The molecule has 4 rings (SSSR count). The van der Waals surface area contributed by atoms with Crippen LogP contribution in [-0.4, -0.2) is 54.7 Å². The number of fused-ring (bicyclic) bond motifs is 2. The van der Waals surface area contributed by atoms with Crippen LogP contribution in [0.2, 0.25) is 0 Å². The van der Waals surface area contributed by atoms with E-state index in [4.69, 9.17) is 14.9 Å². The van der Waals surface area contributed by atoms with Crippen LogP contribution in [0.4, 0.5) is 0 Å². The second kappa shape index (κ2) is 9.11. The number of carboxylic acids is 2. The minimum atomic E-state index is -1.26. The number of hydrogen-bond donors (Lipinski definition) is 4. The number of hydrogen-bond acceptors (Lipinski definition) is 6. The summed E-state index contributed by atoms with van der Waals surface area (Å²) in [5.74, 6) is -2.27. The van der Waals surface area contributed by atoms with Crippen molar-refractivity contribution in [2.24, 2.45) is 5.92 Å². The lowest BCUT2D eigenvalue weighted by Crippen LogP contribution is -2.33. The monoisotopic (exact) mass is 428 g/mol. The van der Waals surface area contributed by atoms with Gasteiger partial charge in [0.2, 0.25) is 5.91 Å². The average Bonchev–Trinajstić information content (AvgIpc) is 3.34. The number of ether oxygens (including phenoxy) is 1. The molecule has 0 aliphatic heterocycles. The number of carbonyl (C=O) groups excluding carboxylic acids is 1. The number of aliphatic carboxylic acids is 2. The Hall–Kier alpha value is -4.15. The van der Waals surface area contributed by atoms with Gasteiger partial charge in [0.1, 0.15) is 5.75 Å². The molecule has 0 saturated heterocycles. The summed E-state index contributed by atoms with van der Waals surface area (Å²) in [5.41, 5.74) is 2.78. The molecule has 1 aliphatic carbocycles. The zero-order chi connectivity index (χ0) is 22.5. The van der Waals surface area contributed by atoms with Gasteiger partial charge in [0.15, 0.2) is 0 Å². The summed E-state index contributed by atoms with van der Waals surface area (Å²) < 4.78 is 6.39. The first kappa shape index (κ1) is 21.6. The van der Waals surface area contributed by atoms with Crippen LogP contribution in [0, 0.1) is 5.92 Å². The van der Waals surface area contributed by atoms with E-state index in [1.165, 1.54) is 4.57 Å². The van der Waals surface area contributed by atoms with Gasteiger partial charge in [0.05, 0.1) is 30.2 Å². The van der Waals surface area contributed by atoms with E-state index < -0.39 is 17.6 Å². The number of carboxylic acid groups (broad SMARTS) is 2. The van der Waals surface area contributed by atoms with Gasteiger partial charge in [-0.3, -0.25) is 4.79 Å². The Balaban J connectivity index is 0.000000293. The third-order valence-electron chi connectivity index (χ3n) is 4.82. The number of methoxy groups -OCH3 is 1. The van der Waals surface area contributed by atoms with Crippen molar-refractivity contribution < 1.29 is 29.3 Å². The molecule has 2 aromatic heterocycles. The van der Waals surface area contributed by atoms with Crippen LogP contribution in [0.3, 0.4) is 0 Å². The first-order valence-corrected chi connectivity index (χ1v) is 9.28. The fraction of sp³-hybridized carbons (Fsp3) is 0.250. The van der Waals surface area contributed by atoms with Crippen molar-refractivity contribution in [3.05, 3.63) is 58.6 Å². The zero-order valence-electron chi connectivity index (χ0n) is 16.5. The largest absolute Gasteiger partial charge is 0.497 e. The molecule has 3 aromatic rings. The Kier molecular flexibility index (Phi) is 6.34. The first-order chi connectivity index (χ1) is 14.8. The molecule has 1 atom stereocenters. The number of aryl methyl sites for hydroxylation is 1. The summed E-state index contributed by atoms with van der Waals surface area (Å²) in [6, 6.07) is 5.19. The van der Waals surface area contributed by atoms with Crippen LogP contribution in [0.1, 0.15) is 22.6 Å². The SMILES string of the molecule is COc1ccc2c(c1)[nH]c(=O)n2C(=O)C1CCc2nc[nH]c2C1.O=C(O)C=CC(=O)O. The van der Waals surface area contributed by atoms with Crippen molar-refractivity contribution in [1.29, 1.82) is 0 Å². The van der Waals surface area contributed by atoms with E-state index in [1.54, 1.807) is 31.6 Å². The van der Waals surface area contributed by atoms with E-state index >= 15 is 0 Å². The number of imidazole rings is 2. The van der Waals surface area contributed by atoms with E-state index in [9.17, 15) is 19.2 Å². The first-order valence-electron chi connectivity index (χ1n) is 9.28.